The molecule has 6 aliphatic rings. The van der Waals surface area contributed by atoms with E-state index >= 15 is 0 Å². The van der Waals surface area contributed by atoms with Gasteiger partial charge < -0.3 is 57.6 Å². The number of aromatic nitrogens is 5. The van der Waals surface area contributed by atoms with Gasteiger partial charge in [-0.25, -0.2) is 9.97 Å². The molecule has 0 radical (unpaired) electrons. The van der Waals surface area contributed by atoms with Gasteiger partial charge in [-0.2, -0.15) is 8.78 Å². The van der Waals surface area contributed by atoms with Gasteiger partial charge in [-0.1, -0.05) is 27.6 Å². The fourth-order valence-electron chi connectivity index (χ4n) is 13.3. The number of aryl methyl sites for hydroxylation is 3. The Morgan fingerprint density at radius 2 is 0.745 bits per heavy atom. The molecule has 0 spiro atoms. The van der Waals surface area contributed by atoms with Gasteiger partial charge in [-0.3, -0.25) is 0 Å². The second kappa shape index (κ2) is 33.5. The Labute approximate surface area is 566 Å². The van der Waals surface area contributed by atoms with E-state index < -0.39 is 11.9 Å². The maximum Gasteiger partial charge on any atom is 0.214 e. The molecular formula is C73H99Cl2F2N11O6. The molecule has 0 unspecified atom stereocenters. The van der Waals surface area contributed by atoms with E-state index in [0.29, 0.717) is 23.7 Å². The van der Waals surface area contributed by atoms with Crippen LogP contribution in [0.5, 0.6) is 17.2 Å². The van der Waals surface area contributed by atoms with Gasteiger partial charge in [0.2, 0.25) is 11.9 Å². The van der Waals surface area contributed by atoms with Crippen molar-refractivity contribution in [2.45, 2.75) is 135 Å². The first-order valence-electron chi connectivity index (χ1n) is 34.3. The molecule has 3 saturated carbocycles. The van der Waals surface area contributed by atoms with E-state index in [0.717, 1.165) is 244 Å². The van der Waals surface area contributed by atoms with Crippen LogP contribution < -0.4 is 29.3 Å². The molecule has 94 heavy (non-hydrogen) atoms. The van der Waals surface area contributed by atoms with Crippen LogP contribution in [-0.4, -0.2) is 142 Å². The van der Waals surface area contributed by atoms with E-state index in [2.05, 4.69) is 134 Å². The van der Waals surface area contributed by atoms with Gasteiger partial charge in [0.25, 0.3) is 0 Å². The third kappa shape index (κ3) is 19.2. The lowest BCUT2D eigenvalue weighted by Gasteiger charge is -2.32. The number of halogens is 4. The lowest BCUT2D eigenvalue weighted by Crippen LogP contribution is -2.34. The maximum absolute atomic E-state index is 13.4. The van der Waals surface area contributed by atoms with Crippen LogP contribution in [0.4, 0.5) is 20.4 Å². The minimum absolute atomic E-state index is 0. The number of fused-ring (bicyclic) bond motifs is 3. The molecule has 0 bridgehead atoms. The lowest BCUT2D eigenvalue weighted by molar-refractivity contribution is 0.289. The molecule has 8 aromatic rings. The molecule has 21 heteroatoms. The quantitative estimate of drug-likeness (QED) is 0.0510. The number of hydrogen-bond acceptors (Lipinski definition) is 17. The second-order valence-corrected chi connectivity index (χ2v) is 27.9. The van der Waals surface area contributed by atoms with E-state index in [9.17, 15) is 8.78 Å². The molecule has 3 aliphatic heterocycles. The number of nitrogens with zero attached hydrogens (tertiary/aromatic N) is 10. The number of nitrogens with one attached hydrogen (secondary N) is 1. The van der Waals surface area contributed by atoms with Crippen molar-refractivity contribution < 1.29 is 36.6 Å². The molecule has 5 aromatic heterocycles. The predicted molar refractivity (Wildman–Crippen MR) is 372 cm³/mol. The Morgan fingerprint density at radius 3 is 1.04 bits per heavy atom. The van der Waals surface area contributed by atoms with E-state index in [-0.39, 0.29) is 24.8 Å². The van der Waals surface area contributed by atoms with Gasteiger partial charge in [0.1, 0.15) is 28.9 Å². The highest BCUT2D eigenvalue weighted by atomic mass is 35.5. The number of rotatable bonds is 26. The van der Waals surface area contributed by atoms with Crippen molar-refractivity contribution in [1.82, 2.24) is 45.5 Å². The predicted octanol–water partition coefficient (Wildman–Crippen LogP) is 14.6. The number of benzene rings is 3. The van der Waals surface area contributed by atoms with E-state index in [1.54, 1.807) is 12.1 Å². The Morgan fingerprint density at radius 1 is 0.426 bits per heavy atom. The fourth-order valence-corrected chi connectivity index (χ4v) is 13.3. The molecule has 510 valence electrons. The molecule has 3 aromatic carbocycles. The first kappa shape index (κ1) is 70.5. The lowest BCUT2D eigenvalue weighted by atomic mass is 9.91. The van der Waals surface area contributed by atoms with Gasteiger partial charge in [0, 0.05) is 62.0 Å². The van der Waals surface area contributed by atoms with Crippen molar-refractivity contribution in [3.05, 3.63) is 118 Å². The van der Waals surface area contributed by atoms with Crippen LogP contribution in [0.1, 0.15) is 130 Å². The number of hydrogen-bond donors (Lipinski definition) is 1. The minimum atomic E-state index is -0.415. The highest BCUT2D eigenvalue weighted by Crippen LogP contribution is 2.39. The molecule has 0 atom stereocenters. The van der Waals surface area contributed by atoms with E-state index in [1.807, 2.05) is 12.1 Å². The smallest absolute Gasteiger partial charge is 0.214 e. The molecular weight excluding hydrogens is 1240 g/mol. The Balaban J connectivity index is 0.000000154. The highest BCUT2D eigenvalue weighted by molar-refractivity contribution is 5.87. The van der Waals surface area contributed by atoms with Crippen LogP contribution in [0.25, 0.3) is 32.9 Å². The van der Waals surface area contributed by atoms with Crippen molar-refractivity contribution in [1.29, 1.82) is 0 Å². The normalized spacial score (nSPS) is 17.3. The average molecular weight is 1340 g/mol. The van der Waals surface area contributed by atoms with Crippen molar-refractivity contribution in [2.75, 3.05) is 111 Å². The number of pyridine rings is 2. The average Bonchev–Trinajstić information content (AvgIpc) is 1.73. The summed E-state index contributed by atoms with van der Waals surface area (Å²) in [6.45, 7) is 10.7. The van der Waals surface area contributed by atoms with Crippen LogP contribution in [0, 0.1) is 47.4 Å². The van der Waals surface area contributed by atoms with Gasteiger partial charge in [0.15, 0.2) is 16.7 Å². The molecule has 3 saturated heterocycles. The number of ether oxygens (including phenoxy) is 3. The van der Waals surface area contributed by atoms with Gasteiger partial charge >= 0.3 is 0 Å². The first-order valence-corrected chi connectivity index (χ1v) is 34.3. The Hall–Kier alpha value is -6.35. The summed E-state index contributed by atoms with van der Waals surface area (Å²) in [6.07, 6.45) is 20.7. The largest absolute Gasteiger partial charge is 0.493 e. The molecule has 0 amide bonds. The molecule has 14 rings (SSSR count). The van der Waals surface area contributed by atoms with Crippen LogP contribution >= 0.6 is 24.8 Å². The van der Waals surface area contributed by atoms with Gasteiger partial charge in [-0.05, 0) is 267 Å². The third-order valence-electron chi connectivity index (χ3n) is 19.4. The summed E-state index contributed by atoms with van der Waals surface area (Å²) in [7, 11) is 12.4. The molecule has 17 nitrogen and oxygen atoms in total. The van der Waals surface area contributed by atoms with Crippen molar-refractivity contribution in [3.8, 4) is 17.2 Å². The number of piperidine rings is 3. The summed E-state index contributed by atoms with van der Waals surface area (Å²) in [5.74, 6) is 7.68. The van der Waals surface area contributed by atoms with Crippen molar-refractivity contribution in [2.24, 2.45) is 35.5 Å². The molecule has 8 heterocycles. The Bertz CT molecular complexity index is 3490. The van der Waals surface area contributed by atoms with Gasteiger partial charge in [-0.15, -0.1) is 24.8 Å². The summed E-state index contributed by atoms with van der Waals surface area (Å²) < 4.78 is 62.8. The SMILES string of the molecule is CN(C)Cc1c(OCC2CC2)ccc2c(CCC3CCN(c4cccc(F)n4)CC3)noc12.CN(C)Cc1c(OCC2CC2)ccc2c(CCC3CCN(c4cccc(F)n4)CC3)noc12.CN(C)Cc1c(OCC2CC2)ccc2c(CCC3CCNCC3)noc12.Cl.Cl. The zero-order valence-electron chi connectivity index (χ0n) is 56.1. The zero-order valence-corrected chi connectivity index (χ0v) is 57.7. The Kier molecular flexibility index (Phi) is 25.1. The monoisotopic (exact) mass is 1330 g/mol. The van der Waals surface area contributed by atoms with Crippen LogP contribution in [0.2, 0.25) is 0 Å². The second-order valence-electron chi connectivity index (χ2n) is 27.9. The third-order valence-corrected chi connectivity index (χ3v) is 19.4. The van der Waals surface area contributed by atoms with Crippen LogP contribution in [0.15, 0.2) is 86.4 Å². The zero-order chi connectivity index (χ0) is 63.5. The minimum Gasteiger partial charge on any atom is -0.493 e. The summed E-state index contributed by atoms with van der Waals surface area (Å²) >= 11 is 0. The van der Waals surface area contributed by atoms with Crippen LogP contribution in [0.3, 0.4) is 0 Å². The topological polar surface area (TPSA) is 160 Å². The summed E-state index contributed by atoms with van der Waals surface area (Å²) in [4.78, 5) is 18.9. The molecule has 6 fully saturated rings. The van der Waals surface area contributed by atoms with Crippen molar-refractivity contribution >= 4 is 69.4 Å². The standard InChI is InChI=1S/2C26H33FN4O2.C21H31N3O2.2ClH/c2*1-30(2)16-21-23(32-17-19-6-7-19)11-9-20-22(29-33-26(20)21)10-8-18-12-14-31(15-13-18)25-5-3-4-24(27)28-25;1-24(2)13-18-20(25-14-16-3-4-16)8-6-17-19(23-26-21(17)18)7-5-15-9-11-22-12-10-15;;/h2*3-5,9,11,18-19H,6-8,10,12-17H2,1-2H3;6,8,15-16,22H,3-5,7,9-14H2,1-2H3;2*1H. The van der Waals surface area contributed by atoms with Crippen LogP contribution in [-0.2, 0) is 38.9 Å². The summed E-state index contributed by atoms with van der Waals surface area (Å²) in [5.41, 5.74) is 9.12. The fraction of sp³-hybridized carbons (Fsp3) is 0.575. The maximum atomic E-state index is 13.4. The molecule has 3 aliphatic carbocycles. The summed E-state index contributed by atoms with van der Waals surface area (Å²) in [6, 6.07) is 22.7. The van der Waals surface area contributed by atoms with E-state index in [4.69, 9.17) is 27.8 Å². The van der Waals surface area contributed by atoms with Gasteiger partial charge in [0.05, 0.1) is 53.6 Å². The highest BCUT2D eigenvalue weighted by Gasteiger charge is 2.29. The molecule has 1 N–H and O–H groups in total. The van der Waals surface area contributed by atoms with Crippen molar-refractivity contribution in [3.63, 3.8) is 0 Å². The number of anilines is 2. The first-order chi connectivity index (χ1) is 44.8. The van der Waals surface area contributed by atoms with E-state index in [1.165, 1.54) is 69.9 Å². The summed E-state index contributed by atoms with van der Waals surface area (Å²) in [5, 5.41) is 20.2.